The third-order valence-electron chi connectivity index (χ3n) is 4.34. The van der Waals surface area contributed by atoms with Crippen molar-refractivity contribution < 1.29 is 28.6 Å². The lowest BCUT2D eigenvalue weighted by Crippen LogP contribution is -2.27. The molecule has 2 amide bonds. The molecule has 0 unspecified atom stereocenters. The average molecular weight is 520 g/mol. The van der Waals surface area contributed by atoms with Crippen LogP contribution in [0.25, 0.3) is 6.08 Å². The number of ether oxygens (including phenoxy) is 3. The van der Waals surface area contributed by atoms with Gasteiger partial charge < -0.3 is 14.2 Å². The van der Waals surface area contributed by atoms with Gasteiger partial charge in [0, 0.05) is 4.47 Å². The van der Waals surface area contributed by atoms with Crippen molar-refractivity contribution >= 4 is 50.9 Å². The largest absolute Gasteiger partial charge is 0.490 e. The van der Waals surface area contributed by atoms with Gasteiger partial charge >= 0.3 is 5.97 Å². The van der Waals surface area contributed by atoms with E-state index < -0.39 is 5.97 Å². The summed E-state index contributed by atoms with van der Waals surface area (Å²) in [6, 6.07) is 12.5. The Labute approximate surface area is 198 Å². The number of carbonyl (C=O) groups is 3. The molecular weight excluding hydrogens is 498 g/mol. The fourth-order valence-electron chi connectivity index (χ4n) is 2.90. The molecule has 1 aliphatic heterocycles. The molecule has 168 valence electrons. The van der Waals surface area contributed by atoms with Crippen molar-refractivity contribution in [2.24, 2.45) is 0 Å². The van der Waals surface area contributed by atoms with Gasteiger partial charge in [-0.05, 0) is 67.1 Å². The maximum absolute atomic E-state index is 12.8. The quantitative estimate of drug-likeness (QED) is 0.339. The van der Waals surface area contributed by atoms with E-state index in [1.165, 1.54) is 4.90 Å². The molecule has 3 rings (SSSR count). The van der Waals surface area contributed by atoms with E-state index in [0.717, 1.165) is 21.8 Å². The number of carbonyl (C=O) groups excluding carboxylic acids is 3. The molecule has 0 saturated carbocycles. The maximum atomic E-state index is 12.8. The van der Waals surface area contributed by atoms with E-state index in [9.17, 15) is 14.4 Å². The molecule has 7 nitrogen and oxygen atoms in total. The highest BCUT2D eigenvalue weighted by Crippen LogP contribution is 2.35. The van der Waals surface area contributed by atoms with E-state index in [2.05, 4.69) is 15.9 Å². The minimum absolute atomic E-state index is 0.208. The summed E-state index contributed by atoms with van der Waals surface area (Å²) >= 11 is 4.27. The first-order valence-electron chi connectivity index (χ1n) is 9.96. The van der Waals surface area contributed by atoms with Crippen LogP contribution in [0.1, 0.15) is 25.0 Å². The Hall–Kier alpha value is -2.78. The molecule has 9 heteroatoms. The van der Waals surface area contributed by atoms with Crippen molar-refractivity contribution in [3.63, 3.8) is 0 Å². The zero-order valence-corrected chi connectivity index (χ0v) is 20.0. The second-order valence-corrected chi connectivity index (χ2v) is 8.54. The highest BCUT2D eigenvalue weighted by atomic mass is 79.9. The molecule has 0 radical (unpaired) electrons. The number of benzene rings is 2. The van der Waals surface area contributed by atoms with Gasteiger partial charge in [0.2, 0.25) is 0 Å². The van der Waals surface area contributed by atoms with Crippen molar-refractivity contribution in [3.05, 3.63) is 63.0 Å². The smallest absolute Gasteiger partial charge is 0.344 e. The van der Waals surface area contributed by atoms with Crippen LogP contribution in [0.15, 0.2) is 51.8 Å². The fourth-order valence-corrected chi connectivity index (χ4v) is 4.00. The van der Waals surface area contributed by atoms with Crippen LogP contribution in [0, 0.1) is 0 Å². The normalized spacial score (nSPS) is 14.7. The van der Waals surface area contributed by atoms with Crippen molar-refractivity contribution in [2.45, 2.75) is 20.4 Å². The number of esters is 1. The summed E-state index contributed by atoms with van der Waals surface area (Å²) < 4.78 is 16.9. The lowest BCUT2D eigenvalue weighted by molar-refractivity contribution is -0.145. The minimum atomic E-state index is -0.474. The first-order valence-corrected chi connectivity index (χ1v) is 11.6. The number of rotatable bonds is 9. The molecule has 32 heavy (non-hydrogen) atoms. The molecule has 0 aromatic heterocycles. The number of thioether (sulfide) groups is 1. The SMILES string of the molecule is CCOC(=O)COc1ccc(/C=C2\SC(=O)N(Cc3ccc(Br)cc3)C2=O)cc1OCC. The number of amides is 2. The summed E-state index contributed by atoms with van der Waals surface area (Å²) in [6.07, 6.45) is 1.64. The van der Waals surface area contributed by atoms with Crippen LogP contribution in [0.3, 0.4) is 0 Å². The Kier molecular flexibility index (Phi) is 8.35. The maximum Gasteiger partial charge on any atom is 0.344 e. The summed E-state index contributed by atoms with van der Waals surface area (Å²) in [5.41, 5.74) is 1.53. The van der Waals surface area contributed by atoms with Crippen LogP contribution in [0.2, 0.25) is 0 Å². The summed E-state index contributed by atoms with van der Waals surface area (Å²) in [6.45, 7) is 4.19. The van der Waals surface area contributed by atoms with Gasteiger partial charge in [-0.15, -0.1) is 0 Å². The number of imide groups is 1. The minimum Gasteiger partial charge on any atom is -0.490 e. The first kappa shape index (κ1) is 23.9. The summed E-state index contributed by atoms with van der Waals surface area (Å²) in [5.74, 6) is 0.00187. The van der Waals surface area contributed by atoms with Gasteiger partial charge in [-0.3, -0.25) is 14.5 Å². The Bertz CT molecular complexity index is 1040. The van der Waals surface area contributed by atoms with Gasteiger partial charge in [-0.1, -0.05) is 34.1 Å². The molecule has 1 fully saturated rings. The second kappa shape index (κ2) is 11.2. The standard InChI is InChI=1S/C23H22BrNO6S/c1-3-29-19-11-16(7-10-18(19)31-14-21(26)30-4-2)12-20-22(27)25(23(28)32-20)13-15-5-8-17(24)9-6-15/h5-12H,3-4,13-14H2,1-2H3/b20-12-. The van der Waals surface area contributed by atoms with Crippen LogP contribution in [0.4, 0.5) is 4.79 Å². The van der Waals surface area contributed by atoms with Crippen molar-refractivity contribution in [1.29, 1.82) is 0 Å². The fraction of sp³-hybridized carbons (Fsp3) is 0.261. The topological polar surface area (TPSA) is 82.1 Å². The summed E-state index contributed by atoms with van der Waals surface area (Å²) in [7, 11) is 0. The number of hydrogen-bond acceptors (Lipinski definition) is 7. The molecular formula is C23H22BrNO6S. The van der Waals surface area contributed by atoms with Gasteiger partial charge in [-0.2, -0.15) is 0 Å². The zero-order valence-electron chi connectivity index (χ0n) is 17.6. The van der Waals surface area contributed by atoms with Gasteiger partial charge in [0.15, 0.2) is 18.1 Å². The van der Waals surface area contributed by atoms with E-state index in [-0.39, 0.29) is 30.9 Å². The molecule has 0 spiro atoms. The number of halogens is 1. The third-order valence-corrected chi connectivity index (χ3v) is 5.78. The van der Waals surface area contributed by atoms with E-state index in [1.807, 2.05) is 31.2 Å². The molecule has 0 bridgehead atoms. The summed E-state index contributed by atoms with van der Waals surface area (Å²) in [5, 5.41) is -0.316. The zero-order chi connectivity index (χ0) is 23.1. The Balaban J connectivity index is 1.75. The molecule has 0 atom stereocenters. The molecule has 2 aromatic rings. The Morgan fingerprint density at radius 1 is 1.03 bits per heavy atom. The third kappa shape index (κ3) is 6.14. The molecule has 2 aromatic carbocycles. The van der Waals surface area contributed by atoms with Gasteiger partial charge in [0.05, 0.1) is 24.7 Å². The highest BCUT2D eigenvalue weighted by molar-refractivity contribution is 9.10. The van der Waals surface area contributed by atoms with Gasteiger partial charge in [0.1, 0.15) is 0 Å². The van der Waals surface area contributed by atoms with Crippen molar-refractivity contribution in [3.8, 4) is 11.5 Å². The predicted octanol–water partition coefficient (Wildman–Crippen LogP) is 5.03. The van der Waals surface area contributed by atoms with E-state index in [0.29, 0.717) is 28.6 Å². The predicted molar refractivity (Wildman–Crippen MR) is 125 cm³/mol. The van der Waals surface area contributed by atoms with Crippen molar-refractivity contribution in [1.82, 2.24) is 4.90 Å². The van der Waals surface area contributed by atoms with E-state index in [4.69, 9.17) is 14.2 Å². The number of nitrogens with zero attached hydrogens (tertiary/aromatic N) is 1. The molecule has 1 saturated heterocycles. The lowest BCUT2D eigenvalue weighted by Gasteiger charge is -2.13. The van der Waals surface area contributed by atoms with Crippen LogP contribution < -0.4 is 9.47 Å². The summed E-state index contributed by atoms with van der Waals surface area (Å²) in [4.78, 5) is 38.3. The monoisotopic (exact) mass is 519 g/mol. The Morgan fingerprint density at radius 3 is 2.47 bits per heavy atom. The highest BCUT2D eigenvalue weighted by Gasteiger charge is 2.35. The van der Waals surface area contributed by atoms with Crippen LogP contribution in [0.5, 0.6) is 11.5 Å². The second-order valence-electron chi connectivity index (χ2n) is 6.63. The molecule has 1 heterocycles. The molecule has 0 aliphatic carbocycles. The number of hydrogen-bond donors (Lipinski definition) is 0. The van der Waals surface area contributed by atoms with Crippen LogP contribution >= 0.6 is 27.7 Å². The van der Waals surface area contributed by atoms with Gasteiger partial charge in [0.25, 0.3) is 11.1 Å². The Morgan fingerprint density at radius 2 is 1.78 bits per heavy atom. The average Bonchev–Trinajstić information content (AvgIpc) is 3.02. The van der Waals surface area contributed by atoms with Crippen molar-refractivity contribution in [2.75, 3.05) is 19.8 Å². The molecule has 0 N–H and O–H groups in total. The van der Waals surface area contributed by atoms with Crippen LogP contribution in [-0.2, 0) is 20.9 Å². The first-order chi connectivity index (χ1) is 15.4. The van der Waals surface area contributed by atoms with Gasteiger partial charge in [-0.25, -0.2) is 4.79 Å². The van der Waals surface area contributed by atoms with E-state index >= 15 is 0 Å². The lowest BCUT2D eigenvalue weighted by atomic mass is 10.1. The van der Waals surface area contributed by atoms with E-state index in [1.54, 1.807) is 31.2 Å². The molecule has 1 aliphatic rings. The van der Waals surface area contributed by atoms with Crippen LogP contribution in [-0.4, -0.2) is 41.8 Å².